The molecule has 1 atom stereocenters. The Bertz CT molecular complexity index is 323. The Hall–Kier alpha value is -1.47. The first kappa shape index (κ1) is 9.10. The van der Waals surface area contributed by atoms with Gasteiger partial charge in [-0.3, -0.25) is 0 Å². The zero-order valence-electron chi connectivity index (χ0n) is 8.08. The lowest BCUT2D eigenvalue weighted by Gasteiger charge is -2.23. The van der Waals surface area contributed by atoms with E-state index in [9.17, 15) is 0 Å². The molecule has 0 aromatic carbocycles. The number of allylic oxidation sites excluding steroid dienone is 2. The van der Waals surface area contributed by atoms with Gasteiger partial charge in [-0.05, 0) is 25.0 Å². The van der Waals surface area contributed by atoms with Crippen LogP contribution in [0, 0.1) is 11.3 Å². The predicted molar refractivity (Wildman–Crippen MR) is 51.9 cm³/mol. The van der Waals surface area contributed by atoms with E-state index in [1.54, 1.807) is 13.2 Å². The second-order valence-electron chi connectivity index (χ2n) is 3.49. The smallest absolute Gasteiger partial charge is 0.164 e. The quantitative estimate of drug-likeness (QED) is 0.686. The zero-order valence-corrected chi connectivity index (χ0v) is 8.08. The number of methoxy groups -OCH3 is 1. The summed E-state index contributed by atoms with van der Waals surface area (Å²) in [5.74, 6) is 0.943. The van der Waals surface area contributed by atoms with Gasteiger partial charge in [0.05, 0.1) is 11.6 Å². The minimum absolute atomic E-state index is 0.314. The van der Waals surface area contributed by atoms with Crippen LogP contribution in [0.25, 0.3) is 0 Å². The molecular weight excluding hydrogens is 178 g/mol. The summed E-state index contributed by atoms with van der Waals surface area (Å²) in [4.78, 5) is 0. The Morgan fingerprint density at radius 2 is 2.36 bits per heavy atom. The predicted octanol–water partition coefficient (Wildman–Crippen LogP) is 0.605. The van der Waals surface area contributed by atoms with Crippen LogP contribution < -0.4 is 10.6 Å². The maximum Gasteiger partial charge on any atom is 0.164 e. The van der Waals surface area contributed by atoms with E-state index < -0.39 is 0 Å². The van der Waals surface area contributed by atoms with Crippen molar-refractivity contribution in [3.05, 3.63) is 23.5 Å². The lowest BCUT2D eigenvalue weighted by Crippen LogP contribution is -2.39. The summed E-state index contributed by atoms with van der Waals surface area (Å²) < 4.78 is 5.14. The van der Waals surface area contributed by atoms with Gasteiger partial charge < -0.3 is 15.4 Å². The van der Waals surface area contributed by atoms with Gasteiger partial charge in [0.25, 0.3) is 0 Å². The van der Waals surface area contributed by atoms with Crippen LogP contribution in [0.5, 0.6) is 0 Å². The minimum atomic E-state index is -0.314. The molecule has 1 heterocycles. The maximum absolute atomic E-state index is 8.79. The molecule has 0 aromatic rings. The van der Waals surface area contributed by atoms with Crippen molar-refractivity contribution in [2.75, 3.05) is 7.11 Å². The van der Waals surface area contributed by atoms with E-state index in [-0.39, 0.29) is 6.23 Å². The van der Waals surface area contributed by atoms with E-state index >= 15 is 0 Å². The number of nitriles is 1. The molecule has 4 heteroatoms. The van der Waals surface area contributed by atoms with Crippen LogP contribution in [0.4, 0.5) is 0 Å². The van der Waals surface area contributed by atoms with Gasteiger partial charge in [0.2, 0.25) is 0 Å². The highest BCUT2D eigenvalue weighted by Gasteiger charge is 2.24. The molecule has 0 aromatic heterocycles. The minimum Gasteiger partial charge on any atom is -0.369 e. The summed E-state index contributed by atoms with van der Waals surface area (Å²) in [5.41, 5.74) is 0.605. The van der Waals surface area contributed by atoms with E-state index in [2.05, 4.69) is 16.7 Å². The third-order valence-electron chi connectivity index (χ3n) is 2.30. The van der Waals surface area contributed by atoms with Crippen LogP contribution in [0.1, 0.15) is 12.8 Å². The van der Waals surface area contributed by atoms with E-state index in [1.807, 2.05) is 6.08 Å². The van der Waals surface area contributed by atoms with Crippen molar-refractivity contribution in [3.8, 4) is 6.07 Å². The second-order valence-corrected chi connectivity index (χ2v) is 3.49. The fourth-order valence-corrected chi connectivity index (χ4v) is 1.35. The van der Waals surface area contributed by atoms with E-state index in [1.165, 1.54) is 12.8 Å². The molecule has 0 spiro atoms. The van der Waals surface area contributed by atoms with Gasteiger partial charge in [-0.1, -0.05) is 0 Å². The van der Waals surface area contributed by atoms with Gasteiger partial charge in [0.1, 0.15) is 5.82 Å². The number of hydrogen-bond donors (Lipinski definition) is 2. The monoisotopic (exact) mass is 191 g/mol. The first-order chi connectivity index (χ1) is 6.83. The Labute approximate surface area is 83.2 Å². The molecule has 0 bridgehead atoms. The van der Waals surface area contributed by atoms with Crippen molar-refractivity contribution in [1.29, 1.82) is 5.26 Å². The summed E-state index contributed by atoms with van der Waals surface area (Å²) in [5, 5.41) is 15.2. The van der Waals surface area contributed by atoms with E-state index in [0.29, 0.717) is 11.6 Å². The number of ether oxygens (including phenoxy) is 1. The summed E-state index contributed by atoms with van der Waals surface area (Å²) in [6.45, 7) is 0. The van der Waals surface area contributed by atoms with Gasteiger partial charge in [0, 0.05) is 13.2 Å². The van der Waals surface area contributed by atoms with Crippen LogP contribution in [0.3, 0.4) is 0 Å². The standard InChI is InChI=1S/C10H13N3O/c1-14-10-7(6-11)2-5-9(13-10)12-8-3-4-8/h2,5,8,10,12-13H,3-4H2,1H3. The molecule has 4 nitrogen and oxygen atoms in total. The molecule has 2 rings (SSSR count). The molecule has 1 aliphatic heterocycles. The molecule has 1 unspecified atom stereocenters. The zero-order chi connectivity index (χ0) is 9.97. The van der Waals surface area contributed by atoms with Crippen LogP contribution in [0.2, 0.25) is 0 Å². The molecule has 0 radical (unpaired) electrons. The van der Waals surface area contributed by atoms with Crippen molar-refractivity contribution in [2.45, 2.75) is 25.1 Å². The lowest BCUT2D eigenvalue weighted by atomic mass is 10.2. The third kappa shape index (κ3) is 1.88. The fraction of sp³-hybridized carbons (Fsp3) is 0.500. The highest BCUT2D eigenvalue weighted by Crippen LogP contribution is 2.21. The number of nitrogens with zero attached hydrogens (tertiary/aromatic N) is 1. The molecule has 2 N–H and O–H groups in total. The van der Waals surface area contributed by atoms with Crippen molar-refractivity contribution in [2.24, 2.45) is 0 Å². The molecule has 14 heavy (non-hydrogen) atoms. The Morgan fingerprint density at radius 3 is 2.93 bits per heavy atom. The largest absolute Gasteiger partial charge is 0.369 e. The number of rotatable bonds is 3. The third-order valence-corrected chi connectivity index (χ3v) is 2.30. The summed E-state index contributed by atoms with van der Waals surface area (Å²) in [6, 6.07) is 2.70. The van der Waals surface area contributed by atoms with Crippen LogP contribution in [-0.4, -0.2) is 19.4 Å². The van der Waals surface area contributed by atoms with Gasteiger partial charge in [0.15, 0.2) is 6.23 Å². The van der Waals surface area contributed by atoms with Gasteiger partial charge >= 0.3 is 0 Å². The summed E-state index contributed by atoms with van der Waals surface area (Å²) in [6.07, 6.45) is 5.81. The molecule has 0 amide bonds. The SMILES string of the molecule is COC1NC(NC2CC2)=CC=C1C#N. The molecule has 1 fully saturated rings. The van der Waals surface area contributed by atoms with Gasteiger partial charge in [-0.25, -0.2) is 0 Å². The number of nitrogens with one attached hydrogen (secondary N) is 2. The van der Waals surface area contributed by atoms with Crippen LogP contribution >= 0.6 is 0 Å². The van der Waals surface area contributed by atoms with Gasteiger partial charge in [-0.2, -0.15) is 5.26 Å². The Kier molecular flexibility index (Phi) is 2.42. The summed E-state index contributed by atoms with van der Waals surface area (Å²) >= 11 is 0. The van der Waals surface area contributed by atoms with Crippen molar-refractivity contribution in [3.63, 3.8) is 0 Å². The highest BCUT2D eigenvalue weighted by molar-refractivity contribution is 5.34. The van der Waals surface area contributed by atoms with Crippen LogP contribution in [-0.2, 0) is 4.74 Å². The first-order valence-electron chi connectivity index (χ1n) is 4.71. The van der Waals surface area contributed by atoms with Crippen molar-refractivity contribution < 1.29 is 4.74 Å². The lowest BCUT2D eigenvalue weighted by molar-refractivity contribution is 0.112. The van der Waals surface area contributed by atoms with E-state index in [4.69, 9.17) is 10.00 Å². The number of dihydropyridines is 1. The Balaban J connectivity index is 2.03. The molecule has 1 aliphatic carbocycles. The Morgan fingerprint density at radius 1 is 1.57 bits per heavy atom. The second kappa shape index (κ2) is 3.72. The molecular formula is C10H13N3O. The van der Waals surface area contributed by atoms with Crippen molar-refractivity contribution >= 4 is 0 Å². The average Bonchev–Trinajstić information content (AvgIpc) is 3.01. The maximum atomic E-state index is 8.79. The number of hydrogen-bond acceptors (Lipinski definition) is 4. The molecule has 1 saturated carbocycles. The average molecular weight is 191 g/mol. The summed E-state index contributed by atoms with van der Waals surface area (Å²) in [7, 11) is 1.59. The highest BCUT2D eigenvalue weighted by atomic mass is 16.5. The molecule has 74 valence electrons. The molecule has 2 aliphatic rings. The van der Waals surface area contributed by atoms with E-state index in [0.717, 1.165) is 5.82 Å². The molecule has 0 saturated heterocycles. The fourth-order valence-electron chi connectivity index (χ4n) is 1.35. The normalized spacial score (nSPS) is 25.6. The first-order valence-corrected chi connectivity index (χ1v) is 4.71. The van der Waals surface area contributed by atoms with Gasteiger partial charge in [-0.15, -0.1) is 0 Å². The topological polar surface area (TPSA) is 57.1 Å². The van der Waals surface area contributed by atoms with Crippen molar-refractivity contribution in [1.82, 2.24) is 10.6 Å². The van der Waals surface area contributed by atoms with Crippen LogP contribution in [0.15, 0.2) is 23.5 Å².